The van der Waals surface area contributed by atoms with E-state index < -0.39 is 0 Å². The van der Waals surface area contributed by atoms with Crippen molar-refractivity contribution in [1.82, 2.24) is 9.38 Å². The van der Waals surface area contributed by atoms with Crippen LogP contribution in [0.3, 0.4) is 0 Å². The third-order valence-corrected chi connectivity index (χ3v) is 2.55. The molecule has 1 N–H and O–H groups in total. The molecular weight excluding hydrogens is 186 g/mol. The molecule has 0 unspecified atom stereocenters. The van der Waals surface area contributed by atoms with Gasteiger partial charge in [0.25, 0.3) is 0 Å². The van der Waals surface area contributed by atoms with Crippen molar-refractivity contribution >= 4 is 11.3 Å². The van der Waals surface area contributed by atoms with Crippen LogP contribution in [0, 0.1) is 6.92 Å². The molecule has 2 aromatic rings. The largest absolute Gasteiger partial charge is 0.384 e. The van der Waals surface area contributed by atoms with E-state index in [-0.39, 0.29) is 0 Å². The molecule has 80 valence electrons. The molecule has 0 amide bonds. The van der Waals surface area contributed by atoms with Gasteiger partial charge in [0, 0.05) is 24.6 Å². The average molecular weight is 203 g/mol. The predicted octanol–water partition coefficient (Wildman–Crippen LogP) is 2.85. The molecule has 3 heteroatoms. The van der Waals surface area contributed by atoms with Crippen LogP contribution in [0.15, 0.2) is 24.5 Å². The number of hydrogen-bond donors (Lipinski definition) is 1. The smallest absolute Gasteiger partial charge is 0.137 e. The summed E-state index contributed by atoms with van der Waals surface area (Å²) in [6.07, 6.45) is 6.43. The molecule has 0 bridgehead atoms. The molecule has 0 saturated carbocycles. The number of nitrogens with zero attached hydrogens (tertiary/aromatic N) is 2. The number of unbranched alkanes of at least 4 members (excludes halogenated alkanes) is 1. The fraction of sp³-hybridized carbons (Fsp3) is 0.417. The first kappa shape index (κ1) is 10.0. The number of rotatable bonds is 4. The van der Waals surface area contributed by atoms with Crippen molar-refractivity contribution in [2.24, 2.45) is 0 Å². The maximum absolute atomic E-state index is 4.29. The third kappa shape index (κ3) is 2.12. The highest BCUT2D eigenvalue weighted by atomic mass is 15.0. The second-order valence-corrected chi connectivity index (χ2v) is 3.83. The van der Waals surface area contributed by atoms with Crippen LogP contribution >= 0.6 is 0 Å². The number of anilines is 1. The van der Waals surface area contributed by atoms with Crippen molar-refractivity contribution in [3.63, 3.8) is 0 Å². The molecule has 2 rings (SSSR count). The van der Waals surface area contributed by atoms with E-state index in [0.29, 0.717) is 0 Å². The third-order valence-electron chi connectivity index (χ3n) is 2.55. The maximum atomic E-state index is 4.29. The van der Waals surface area contributed by atoms with Crippen molar-refractivity contribution in [1.29, 1.82) is 0 Å². The van der Waals surface area contributed by atoms with Crippen molar-refractivity contribution in [2.45, 2.75) is 26.7 Å². The van der Waals surface area contributed by atoms with E-state index in [0.717, 1.165) is 17.9 Å². The summed E-state index contributed by atoms with van der Waals surface area (Å²) in [5, 5.41) is 3.41. The van der Waals surface area contributed by atoms with Gasteiger partial charge in [-0.05, 0) is 25.5 Å². The highest BCUT2D eigenvalue weighted by Gasteiger charge is 1.99. The summed E-state index contributed by atoms with van der Waals surface area (Å²) in [6, 6.07) is 4.12. The van der Waals surface area contributed by atoms with E-state index >= 15 is 0 Å². The number of imidazole rings is 1. The van der Waals surface area contributed by atoms with Gasteiger partial charge in [0.2, 0.25) is 0 Å². The van der Waals surface area contributed by atoms with E-state index in [1.54, 1.807) is 0 Å². The van der Waals surface area contributed by atoms with Crippen molar-refractivity contribution < 1.29 is 0 Å². The van der Waals surface area contributed by atoms with E-state index in [9.17, 15) is 0 Å². The first-order chi connectivity index (χ1) is 7.31. The molecule has 0 spiro atoms. The summed E-state index contributed by atoms with van der Waals surface area (Å²) in [5.74, 6) is 0. The topological polar surface area (TPSA) is 29.3 Å². The molecule has 0 aliphatic heterocycles. The minimum atomic E-state index is 1.01. The highest BCUT2D eigenvalue weighted by Crippen LogP contribution is 2.12. The Morgan fingerprint density at radius 3 is 3.07 bits per heavy atom. The van der Waals surface area contributed by atoms with Crippen LogP contribution in [-0.4, -0.2) is 15.9 Å². The van der Waals surface area contributed by atoms with Gasteiger partial charge in [0.1, 0.15) is 5.65 Å². The molecule has 0 radical (unpaired) electrons. The molecule has 2 heterocycles. The fourth-order valence-corrected chi connectivity index (χ4v) is 1.62. The second-order valence-electron chi connectivity index (χ2n) is 3.83. The van der Waals surface area contributed by atoms with Crippen LogP contribution in [0.1, 0.15) is 25.5 Å². The molecule has 0 aliphatic rings. The van der Waals surface area contributed by atoms with Gasteiger partial charge in [0.15, 0.2) is 0 Å². The number of hydrogen-bond acceptors (Lipinski definition) is 2. The molecule has 0 aliphatic carbocycles. The summed E-state index contributed by atoms with van der Waals surface area (Å²) < 4.78 is 2.11. The Hall–Kier alpha value is -1.51. The molecular formula is C12H17N3. The summed E-state index contributed by atoms with van der Waals surface area (Å²) in [6.45, 7) is 5.30. The first-order valence-electron chi connectivity index (χ1n) is 5.49. The van der Waals surface area contributed by atoms with Crippen LogP contribution in [0.5, 0.6) is 0 Å². The summed E-state index contributed by atoms with van der Waals surface area (Å²) >= 11 is 0. The van der Waals surface area contributed by atoms with Crippen molar-refractivity contribution in [2.75, 3.05) is 11.9 Å². The van der Waals surface area contributed by atoms with Gasteiger partial charge in [0.05, 0.1) is 5.69 Å². The van der Waals surface area contributed by atoms with Gasteiger partial charge in [-0.1, -0.05) is 13.3 Å². The summed E-state index contributed by atoms with van der Waals surface area (Å²) in [5.41, 5.74) is 3.34. The highest BCUT2D eigenvalue weighted by molar-refractivity contribution is 5.50. The summed E-state index contributed by atoms with van der Waals surface area (Å²) in [7, 11) is 0. The molecule has 3 nitrogen and oxygen atoms in total. The van der Waals surface area contributed by atoms with Gasteiger partial charge in [-0.25, -0.2) is 4.98 Å². The minimum Gasteiger partial charge on any atom is -0.384 e. The zero-order valence-electron chi connectivity index (χ0n) is 9.33. The normalized spacial score (nSPS) is 10.8. The van der Waals surface area contributed by atoms with Crippen LogP contribution in [-0.2, 0) is 0 Å². The Kier molecular flexibility index (Phi) is 2.90. The SMILES string of the molecule is CCCCNc1ccc2ncc(C)n2c1. The Balaban J connectivity index is 2.18. The van der Waals surface area contributed by atoms with Crippen LogP contribution in [0.25, 0.3) is 5.65 Å². The lowest BCUT2D eigenvalue weighted by atomic mass is 10.3. The Morgan fingerprint density at radius 2 is 2.27 bits per heavy atom. The van der Waals surface area contributed by atoms with Gasteiger partial charge in [-0.15, -0.1) is 0 Å². The number of fused-ring (bicyclic) bond motifs is 1. The van der Waals surface area contributed by atoms with Crippen LogP contribution in [0.4, 0.5) is 5.69 Å². The lowest BCUT2D eigenvalue weighted by molar-refractivity contribution is 0.833. The molecule has 0 saturated heterocycles. The van der Waals surface area contributed by atoms with Gasteiger partial charge < -0.3 is 9.72 Å². The quantitative estimate of drug-likeness (QED) is 0.774. The molecule has 0 atom stereocenters. The van der Waals surface area contributed by atoms with Gasteiger partial charge in [-0.2, -0.15) is 0 Å². The number of aromatic nitrogens is 2. The van der Waals surface area contributed by atoms with Gasteiger partial charge >= 0.3 is 0 Å². The first-order valence-corrected chi connectivity index (χ1v) is 5.49. The second kappa shape index (κ2) is 4.34. The Morgan fingerprint density at radius 1 is 1.40 bits per heavy atom. The number of aryl methyl sites for hydroxylation is 1. The van der Waals surface area contributed by atoms with Crippen LogP contribution < -0.4 is 5.32 Å². The molecule has 2 aromatic heterocycles. The number of nitrogens with one attached hydrogen (secondary N) is 1. The van der Waals surface area contributed by atoms with E-state index in [2.05, 4.69) is 40.8 Å². The average Bonchev–Trinajstić information content (AvgIpc) is 2.61. The Bertz CT molecular complexity index is 445. The monoisotopic (exact) mass is 203 g/mol. The van der Waals surface area contributed by atoms with Gasteiger partial charge in [-0.3, -0.25) is 0 Å². The van der Waals surface area contributed by atoms with Crippen LogP contribution in [0.2, 0.25) is 0 Å². The van der Waals surface area contributed by atoms with Crippen molar-refractivity contribution in [3.05, 3.63) is 30.2 Å². The fourth-order valence-electron chi connectivity index (χ4n) is 1.62. The standard InChI is InChI=1S/C12H17N3/c1-3-4-7-13-11-5-6-12-14-8-10(2)15(12)9-11/h5-6,8-9,13H,3-4,7H2,1-2H3. The molecule has 15 heavy (non-hydrogen) atoms. The number of pyridine rings is 1. The van der Waals surface area contributed by atoms with E-state index in [4.69, 9.17) is 0 Å². The van der Waals surface area contributed by atoms with Crippen molar-refractivity contribution in [3.8, 4) is 0 Å². The van der Waals surface area contributed by atoms with E-state index in [1.165, 1.54) is 18.5 Å². The molecule has 0 aromatic carbocycles. The summed E-state index contributed by atoms with van der Waals surface area (Å²) in [4.78, 5) is 4.29. The zero-order chi connectivity index (χ0) is 10.7. The Labute approximate surface area is 90.1 Å². The van der Waals surface area contributed by atoms with E-state index in [1.807, 2.05) is 12.3 Å². The lowest BCUT2D eigenvalue weighted by Crippen LogP contribution is -2.02. The minimum absolute atomic E-state index is 1.01. The lowest BCUT2D eigenvalue weighted by Gasteiger charge is -2.06. The predicted molar refractivity (Wildman–Crippen MR) is 63.3 cm³/mol. The maximum Gasteiger partial charge on any atom is 0.137 e. The zero-order valence-corrected chi connectivity index (χ0v) is 9.33. The molecule has 0 fully saturated rings.